The molecule has 4 heteroatoms. The van der Waals surface area contributed by atoms with E-state index in [1.165, 1.54) is 18.2 Å². The summed E-state index contributed by atoms with van der Waals surface area (Å²) in [7, 11) is 0. The van der Waals surface area contributed by atoms with Crippen molar-refractivity contribution in [3.05, 3.63) is 35.4 Å². The van der Waals surface area contributed by atoms with Gasteiger partial charge in [-0.3, -0.25) is 0 Å². The zero-order valence-electron chi connectivity index (χ0n) is 11.3. The van der Waals surface area contributed by atoms with Crippen LogP contribution in [0.1, 0.15) is 38.2 Å². The molecule has 0 amide bonds. The van der Waals surface area contributed by atoms with Gasteiger partial charge in [-0.2, -0.15) is 0 Å². The van der Waals surface area contributed by atoms with Crippen molar-refractivity contribution >= 4 is 0 Å². The SMILES string of the molecule is CC1CCCC(CO)(NCc2c(F)cccc2F)C1. The summed E-state index contributed by atoms with van der Waals surface area (Å²) < 4.78 is 27.1. The van der Waals surface area contributed by atoms with E-state index in [4.69, 9.17) is 0 Å². The first-order chi connectivity index (χ1) is 9.06. The summed E-state index contributed by atoms with van der Waals surface area (Å²) in [5.41, 5.74) is -0.347. The van der Waals surface area contributed by atoms with Crippen LogP contribution in [0.15, 0.2) is 18.2 Å². The van der Waals surface area contributed by atoms with E-state index in [0.717, 1.165) is 25.7 Å². The van der Waals surface area contributed by atoms with Crippen LogP contribution in [0, 0.1) is 17.6 Å². The molecule has 1 aromatic carbocycles. The van der Waals surface area contributed by atoms with E-state index in [9.17, 15) is 13.9 Å². The maximum absolute atomic E-state index is 13.6. The Kier molecular flexibility index (Phi) is 4.53. The lowest BCUT2D eigenvalue weighted by Gasteiger charge is -2.39. The third kappa shape index (κ3) is 3.31. The molecule has 0 spiro atoms. The summed E-state index contributed by atoms with van der Waals surface area (Å²) in [6, 6.07) is 3.88. The van der Waals surface area contributed by atoms with Gasteiger partial charge in [-0.1, -0.05) is 25.8 Å². The van der Waals surface area contributed by atoms with Crippen molar-refractivity contribution in [1.29, 1.82) is 0 Å². The molecule has 2 rings (SSSR count). The maximum atomic E-state index is 13.6. The summed E-state index contributed by atoms with van der Waals surface area (Å²) >= 11 is 0. The highest BCUT2D eigenvalue weighted by atomic mass is 19.1. The number of rotatable bonds is 4. The summed E-state index contributed by atoms with van der Waals surface area (Å²) in [6.07, 6.45) is 3.88. The van der Waals surface area contributed by atoms with Crippen LogP contribution in [-0.4, -0.2) is 17.3 Å². The van der Waals surface area contributed by atoms with Crippen molar-refractivity contribution in [2.24, 2.45) is 5.92 Å². The molecule has 2 N–H and O–H groups in total. The van der Waals surface area contributed by atoms with Crippen LogP contribution >= 0.6 is 0 Å². The zero-order valence-corrected chi connectivity index (χ0v) is 11.3. The lowest BCUT2D eigenvalue weighted by Crippen LogP contribution is -2.51. The molecular weight excluding hydrogens is 248 g/mol. The molecule has 1 saturated carbocycles. The smallest absolute Gasteiger partial charge is 0.130 e. The van der Waals surface area contributed by atoms with Gasteiger partial charge in [-0.15, -0.1) is 0 Å². The molecule has 1 aromatic rings. The predicted molar refractivity (Wildman–Crippen MR) is 70.6 cm³/mol. The van der Waals surface area contributed by atoms with E-state index >= 15 is 0 Å². The van der Waals surface area contributed by atoms with E-state index in [1.54, 1.807) is 0 Å². The molecule has 106 valence electrons. The lowest BCUT2D eigenvalue weighted by molar-refractivity contribution is 0.0976. The Balaban J connectivity index is 2.07. The second-order valence-corrected chi connectivity index (χ2v) is 5.69. The summed E-state index contributed by atoms with van der Waals surface area (Å²) in [6.45, 7) is 2.27. The van der Waals surface area contributed by atoms with Gasteiger partial charge in [0.1, 0.15) is 11.6 Å². The van der Waals surface area contributed by atoms with E-state index in [2.05, 4.69) is 12.2 Å². The molecule has 2 unspecified atom stereocenters. The third-order valence-corrected chi connectivity index (χ3v) is 4.10. The first kappa shape index (κ1) is 14.4. The number of halogens is 2. The maximum Gasteiger partial charge on any atom is 0.130 e. The third-order valence-electron chi connectivity index (χ3n) is 4.10. The van der Waals surface area contributed by atoms with Gasteiger partial charge in [-0.25, -0.2) is 8.78 Å². The van der Waals surface area contributed by atoms with Crippen molar-refractivity contribution in [2.75, 3.05) is 6.61 Å². The average Bonchev–Trinajstić information content (AvgIpc) is 2.38. The highest BCUT2D eigenvalue weighted by Gasteiger charge is 2.34. The second kappa shape index (κ2) is 5.97. The molecule has 0 radical (unpaired) electrons. The van der Waals surface area contributed by atoms with E-state index in [1.807, 2.05) is 0 Å². The number of hydrogen-bond donors (Lipinski definition) is 2. The van der Waals surface area contributed by atoms with Crippen molar-refractivity contribution in [3.8, 4) is 0 Å². The Morgan fingerprint density at radius 2 is 2.05 bits per heavy atom. The fourth-order valence-corrected chi connectivity index (χ4v) is 3.00. The first-order valence-corrected chi connectivity index (χ1v) is 6.85. The van der Waals surface area contributed by atoms with Crippen molar-refractivity contribution in [3.63, 3.8) is 0 Å². The average molecular weight is 269 g/mol. The highest BCUT2D eigenvalue weighted by Crippen LogP contribution is 2.32. The topological polar surface area (TPSA) is 32.3 Å². The van der Waals surface area contributed by atoms with Crippen LogP contribution in [0.3, 0.4) is 0 Å². The van der Waals surface area contributed by atoms with E-state index < -0.39 is 17.2 Å². The molecule has 0 aliphatic heterocycles. The van der Waals surface area contributed by atoms with Crippen molar-refractivity contribution in [1.82, 2.24) is 5.32 Å². The number of hydrogen-bond acceptors (Lipinski definition) is 2. The minimum atomic E-state index is -0.538. The molecule has 0 heterocycles. The van der Waals surface area contributed by atoms with Crippen LogP contribution in [-0.2, 0) is 6.54 Å². The number of benzene rings is 1. The molecule has 0 bridgehead atoms. The standard InChI is InChI=1S/C15H21F2NO/c1-11-4-3-7-15(8-11,10-19)18-9-12-13(16)5-2-6-14(12)17/h2,5-6,11,18-19H,3-4,7-10H2,1H3. The Labute approximate surface area is 112 Å². The largest absolute Gasteiger partial charge is 0.394 e. The van der Waals surface area contributed by atoms with Crippen molar-refractivity contribution in [2.45, 2.75) is 44.7 Å². The van der Waals surface area contributed by atoms with Gasteiger partial charge in [0, 0.05) is 17.6 Å². The van der Waals surface area contributed by atoms with Gasteiger partial charge >= 0.3 is 0 Å². The van der Waals surface area contributed by atoms with Crippen LogP contribution in [0.2, 0.25) is 0 Å². The van der Waals surface area contributed by atoms with E-state index in [0.29, 0.717) is 5.92 Å². The Morgan fingerprint density at radius 3 is 2.63 bits per heavy atom. The van der Waals surface area contributed by atoms with Crippen LogP contribution < -0.4 is 5.32 Å². The fourth-order valence-electron chi connectivity index (χ4n) is 3.00. The van der Waals surface area contributed by atoms with Crippen LogP contribution in [0.4, 0.5) is 8.78 Å². The summed E-state index contributed by atoms with van der Waals surface area (Å²) in [4.78, 5) is 0. The molecule has 2 nitrogen and oxygen atoms in total. The molecule has 1 fully saturated rings. The minimum Gasteiger partial charge on any atom is -0.394 e. The molecule has 1 aliphatic carbocycles. The zero-order chi connectivity index (χ0) is 13.9. The number of aliphatic hydroxyl groups is 1. The quantitative estimate of drug-likeness (QED) is 0.880. The lowest BCUT2D eigenvalue weighted by atomic mass is 9.76. The van der Waals surface area contributed by atoms with Gasteiger partial charge in [0.05, 0.1) is 6.61 Å². The van der Waals surface area contributed by atoms with Gasteiger partial charge in [0.2, 0.25) is 0 Å². The number of nitrogens with one attached hydrogen (secondary N) is 1. The van der Waals surface area contributed by atoms with Crippen LogP contribution in [0.5, 0.6) is 0 Å². The Morgan fingerprint density at radius 1 is 1.37 bits per heavy atom. The van der Waals surface area contributed by atoms with Gasteiger partial charge < -0.3 is 10.4 Å². The van der Waals surface area contributed by atoms with Gasteiger partial charge in [-0.05, 0) is 30.9 Å². The predicted octanol–water partition coefficient (Wildman–Crippen LogP) is 3.00. The molecular formula is C15H21F2NO. The van der Waals surface area contributed by atoms with Gasteiger partial charge in [0.15, 0.2) is 0 Å². The molecule has 0 aromatic heterocycles. The monoisotopic (exact) mass is 269 g/mol. The molecule has 19 heavy (non-hydrogen) atoms. The fraction of sp³-hybridized carbons (Fsp3) is 0.600. The Hall–Kier alpha value is -1.00. The molecule has 0 saturated heterocycles. The normalized spacial score (nSPS) is 27.5. The Bertz CT molecular complexity index is 418. The molecule has 2 atom stereocenters. The van der Waals surface area contributed by atoms with Gasteiger partial charge in [0.25, 0.3) is 0 Å². The summed E-state index contributed by atoms with van der Waals surface area (Å²) in [5, 5.41) is 12.8. The highest BCUT2D eigenvalue weighted by molar-refractivity contribution is 5.19. The van der Waals surface area contributed by atoms with Crippen LogP contribution in [0.25, 0.3) is 0 Å². The van der Waals surface area contributed by atoms with E-state index in [-0.39, 0.29) is 18.7 Å². The number of aliphatic hydroxyl groups excluding tert-OH is 1. The second-order valence-electron chi connectivity index (χ2n) is 5.69. The van der Waals surface area contributed by atoms with Crippen molar-refractivity contribution < 1.29 is 13.9 Å². The summed E-state index contributed by atoms with van der Waals surface area (Å²) in [5.74, 6) is -0.548. The minimum absolute atomic E-state index is 0.00735. The molecule has 1 aliphatic rings. The first-order valence-electron chi connectivity index (χ1n) is 6.85.